The topological polar surface area (TPSA) is 38.7 Å². The standard InChI is InChI=1S/C21H38O3/c22-18-14-11-9-7-5-3-1-2-4-6-8-10-12-15-19-23-21-17-13-16-20-24-21/h21-22H,1-11,13-14,16-20H2. The highest BCUT2D eigenvalue weighted by molar-refractivity contribution is 4.98. The van der Waals surface area contributed by atoms with Gasteiger partial charge in [-0.15, -0.1) is 5.92 Å². The van der Waals surface area contributed by atoms with Crippen molar-refractivity contribution in [3.8, 4) is 11.8 Å². The van der Waals surface area contributed by atoms with Gasteiger partial charge in [0, 0.05) is 19.6 Å². The molecule has 0 bridgehead atoms. The van der Waals surface area contributed by atoms with Crippen molar-refractivity contribution in [2.24, 2.45) is 0 Å². The first-order valence-corrected chi connectivity index (χ1v) is 10.2. The number of unbranched alkanes of at least 4 members (excludes halogenated alkanes) is 11. The molecule has 0 amide bonds. The number of hydrogen-bond donors (Lipinski definition) is 1. The minimum absolute atomic E-state index is 0.0114. The highest BCUT2D eigenvalue weighted by Gasteiger charge is 2.12. The molecule has 1 heterocycles. The Hall–Kier alpha value is -0.560. The highest BCUT2D eigenvalue weighted by Crippen LogP contribution is 2.13. The largest absolute Gasteiger partial charge is 0.396 e. The van der Waals surface area contributed by atoms with Gasteiger partial charge < -0.3 is 14.6 Å². The van der Waals surface area contributed by atoms with Gasteiger partial charge in [-0.05, 0) is 32.1 Å². The first kappa shape index (κ1) is 21.5. The second-order valence-corrected chi connectivity index (χ2v) is 6.82. The van der Waals surface area contributed by atoms with Crippen LogP contribution < -0.4 is 0 Å². The van der Waals surface area contributed by atoms with Gasteiger partial charge in [-0.2, -0.15) is 0 Å². The minimum atomic E-state index is -0.0114. The molecule has 1 unspecified atom stereocenters. The first-order valence-electron chi connectivity index (χ1n) is 10.2. The van der Waals surface area contributed by atoms with Crippen LogP contribution >= 0.6 is 0 Å². The van der Waals surface area contributed by atoms with Crippen molar-refractivity contribution in [2.45, 2.75) is 103 Å². The Balaban J connectivity index is 1.73. The van der Waals surface area contributed by atoms with E-state index < -0.39 is 0 Å². The predicted molar refractivity (Wildman–Crippen MR) is 99.8 cm³/mol. The summed E-state index contributed by atoms with van der Waals surface area (Å²) in [6, 6.07) is 0. The fourth-order valence-electron chi connectivity index (χ4n) is 3.03. The van der Waals surface area contributed by atoms with Gasteiger partial charge >= 0.3 is 0 Å². The molecule has 0 aromatic carbocycles. The number of aliphatic hydroxyl groups is 1. The predicted octanol–water partition coefficient (Wildman–Crippen LogP) is 5.21. The van der Waals surface area contributed by atoms with E-state index in [1.807, 2.05) is 0 Å². The summed E-state index contributed by atoms with van der Waals surface area (Å²) >= 11 is 0. The van der Waals surface area contributed by atoms with Gasteiger partial charge in [0.25, 0.3) is 0 Å². The number of aliphatic hydroxyl groups excluding tert-OH is 1. The molecule has 0 aliphatic carbocycles. The third-order valence-electron chi connectivity index (χ3n) is 4.56. The van der Waals surface area contributed by atoms with Crippen molar-refractivity contribution >= 4 is 0 Å². The molecule has 1 atom stereocenters. The highest BCUT2D eigenvalue weighted by atomic mass is 16.7. The van der Waals surface area contributed by atoms with Gasteiger partial charge in [-0.1, -0.05) is 63.7 Å². The number of rotatable bonds is 14. The van der Waals surface area contributed by atoms with Crippen LogP contribution in [0.5, 0.6) is 0 Å². The maximum atomic E-state index is 8.70. The van der Waals surface area contributed by atoms with E-state index in [1.165, 1.54) is 70.6 Å². The normalized spacial score (nSPS) is 17.5. The summed E-state index contributed by atoms with van der Waals surface area (Å²) in [5, 5.41) is 8.70. The van der Waals surface area contributed by atoms with Gasteiger partial charge in [-0.25, -0.2) is 0 Å². The minimum Gasteiger partial charge on any atom is -0.396 e. The number of ether oxygens (including phenoxy) is 2. The van der Waals surface area contributed by atoms with Crippen molar-refractivity contribution in [3.63, 3.8) is 0 Å². The lowest BCUT2D eigenvalue weighted by atomic mass is 10.1. The summed E-state index contributed by atoms with van der Waals surface area (Å²) in [7, 11) is 0. The van der Waals surface area contributed by atoms with Gasteiger partial charge in [0.1, 0.15) is 6.61 Å². The third kappa shape index (κ3) is 13.8. The maximum absolute atomic E-state index is 8.70. The summed E-state index contributed by atoms with van der Waals surface area (Å²) < 4.78 is 11.1. The molecule has 0 saturated carbocycles. The van der Waals surface area contributed by atoms with E-state index in [0.29, 0.717) is 13.2 Å². The van der Waals surface area contributed by atoms with E-state index in [2.05, 4.69) is 11.8 Å². The second-order valence-electron chi connectivity index (χ2n) is 6.82. The Morgan fingerprint density at radius 1 is 0.792 bits per heavy atom. The average Bonchev–Trinajstić information content (AvgIpc) is 2.62. The second kappa shape index (κ2) is 17.3. The lowest BCUT2D eigenvalue weighted by molar-refractivity contribution is -0.154. The molecule has 3 heteroatoms. The lowest BCUT2D eigenvalue weighted by Crippen LogP contribution is -2.22. The van der Waals surface area contributed by atoms with Gasteiger partial charge in [-0.3, -0.25) is 0 Å². The zero-order chi connectivity index (χ0) is 17.1. The molecule has 1 N–H and O–H groups in total. The molecule has 1 aliphatic heterocycles. The zero-order valence-electron chi connectivity index (χ0n) is 15.6. The Morgan fingerprint density at radius 3 is 2.00 bits per heavy atom. The van der Waals surface area contributed by atoms with Gasteiger partial charge in [0.2, 0.25) is 0 Å². The van der Waals surface area contributed by atoms with Gasteiger partial charge in [0.15, 0.2) is 6.29 Å². The molecular formula is C21H38O3. The Kier molecular flexibility index (Phi) is 15.5. The molecule has 140 valence electrons. The molecule has 1 rings (SSSR count). The Labute approximate surface area is 149 Å². The maximum Gasteiger partial charge on any atom is 0.158 e. The Morgan fingerprint density at radius 2 is 1.42 bits per heavy atom. The molecule has 0 aromatic heterocycles. The molecule has 0 spiro atoms. The van der Waals surface area contributed by atoms with Crippen LogP contribution in [0, 0.1) is 11.8 Å². The quantitative estimate of drug-likeness (QED) is 0.349. The SMILES string of the molecule is OCCCCCCCCCCCCCC#CCOC1CCCCO1. The summed E-state index contributed by atoms with van der Waals surface area (Å²) in [4.78, 5) is 0. The molecular weight excluding hydrogens is 300 g/mol. The van der Waals surface area contributed by atoms with Crippen molar-refractivity contribution in [1.29, 1.82) is 0 Å². The molecule has 3 nitrogen and oxygen atoms in total. The summed E-state index contributed by atoms with van der Waals surface area (Å²) in [5.74, 6) is 6.32. The van der Waals surface area contributed by atoms with Crippen LogP contribution in [0.4, 0.5) is 0 Å². The van der Waals surface area contributed by atoms with E-state index in [9.17, 15) is 0 Å². The van der Waals surface area contributed by atoms with Crippen molar-refractivity contribution < 1.29 is 14.6 Å². The van der Waals surface area contributed by atoms with Crippen LogP contribution in [0.25, 0.3) is 0 Å². The van der Waals surface area contributed by atoms with Crippen LogP contribution in [0.3, 0.4) is 0 Å². The van der Waals surface area contributed by atoms with E-state index >= 15 is 0 Å². The van der Waals surface area contributed by atoms with Crippen LogP contribution in [-0.4, -0.2) is 31.2 Å². The Bertz CT molecular complexity index is 313. The first-order chi connectivity index (χ1) is 11.9. The summed E-state index contributed by atoms with van der Waals surface area (Å²) in [6.07, 6.45) is 18.5. The van der Waals surface area contributed by atoms with Crippen LogP contribution in [-0.2, 0) is 9.47 Å². The fourth-order valence-corrected chi connectivity index (χ4v) is 3.03. The van der Waals surface area contributed by atoms with Crippen LogP contribution in [0.1, 0.15) is 96.3 Å². The van der Waals surface area contributed by atoms with E-state index in [-0.39, 0.29) is 6.29 Å². The molecule has 1 saturated heterocycles. The average molecular weight is 339 g/mol. The smallest absolute Gasteiger partial charge is 0.158 e. The molecule has 0 aromatic rings. The van der Waals surface area contributed by atoms with Gasteiger partial charge in [0.05, 0.1) is 0 Å². The molecule has 24 heavy (non-hydrogen) atoms. The zero-order valence-corrected chi connectivity index (χ0v) is 15.6. The van der Waals surface area contributed by atoms with Crippen molar-refractivity contribution in [2.75, 3.05) is 19.8 Å². The van der Waals surface area contributed by atoms with Crippen molar-refractivity contribution in [1.82, 2.24) is 0 Å². The van der Waals surface area contributed by atoms with Crippen LogP contribution in [0.15, 0.2) is 0 Å². The van der Waals surface area contributed by atoms with E-state index in [1.54, 1.807) is 0 Å². The molecule has 1 aliphatic rings. The summed E-state index contributed by atoms with van der Waals surface area (Å²) in [6.45, 7) is 1.71. The fraction of sp³-hybridized carbons (Fsp3) is 0.905. The molecule has 0 radical (unpaired) electrons. The lowest BCUT2D eigenvalue weighted by Gasteiger charge is -2.21. The molecule has 1 fully saturated rings. The van der Waals surface area contributed by atoms with E-state index in [0.717, 1.165) is 32.3 Å². The van der Waals surface area contributed by atoms with Crippen molar-refractivity contribution in [3.05, 3.63) is 0 Å². The third-order valence-corrected chi connectivity index (χ3v) is 4.56. The van der Waals surface area contributed by atoms with E-state index in [4.69, 9.17) is 14.6 Å². The van der Waals surface area contributed by atoms with Crippen LogP contribution in [0.2, 0.25) is 0 Å². The monoisotopic (exact) mass is 338 g/mol. The number of hydrogen-bond acceptors (Lipinski definition) is 3. The summed E-state index contributed by atoms with van der Waals surface area (Å²) in [5.41, 5.74) is 0.